The molecule has 0 unspecified atom stereocenters. The first-order valence-electron chi connectivity index (χ1n) is 6.45. The molecule has 2 aromatic heterocycles. The molecule has 0 fully saturated rings. The summed E-state index contributed by atoms with van der Waals surface area (Å²) >= 11 is 3.28. The van der Waals surface area contributed by atoms with E-state index in [9.17, 15) is 4.79 Å². The Balaban J connectivity index is 2.14. The van der Waals surface area contributed by atoms with Gasteiger partial charge in [-0.25, -0.2) is 9.97 Å². The lowest BCUT2D eigenvalue weighted by Gasteiger charge is -2.16. The van der Waals surface area contributed by atoms with Crippen molar-refractivity contribution in [3.05, 3.63) is 22.6 Å². The zero-order valence-electron chi connectivity index (χ0n) is 11.9. The standard InChI is InChI=1S/C13H18BrN3O2Si/c1-20(2,3)5-4-19-9-17-10(8-18)6-11-13(17)15-7-12(14)16-11/h6-8H,4-5,9H2,1-3H3. The van der Waals surface area contributed by atoms with E-state index in [1.165, 1.54) is 0 Å². The van der Waals surface area contributed by atoms with Crippen LogP contribution >= 0.6 is 15.9 Å². The number of hydrogen-bond acceptors (Lipinski definition) is 4. The van der Waals surface area contributed by atoms with Crippen molar-refractivity contribution in [2.24, 2.45) is 0 Å². The fourth-order valence-electron chi connectivity index (χ4n) is 1.79. The number of halogens is 1. The Kier molecular flexibility index (Phi) is 4.72. The molecule has 2 aromatic rings. The van der Waals surface area contributed by atoms with Gasteiger partial charge in [0.25, 0.3) is 0 Å². The summed E-state index contributed by atoms with van der Waals surface area (Å²) in [6, 6.07) is 2.82. The average Bonchev–Trinajstić information content (AvgIpc) is 2.70. The molecule has 0 saturated heterocycles. The minimum Gasteiger partial charge on any atom is -0.361 e. The fourth-order valence-corrected chi connectivity index (χ4v) is 2.84. The SMILES string of the molecule is C[Si](C)(C)CCOCn1c(C=O)cc2nc(Br)cnc21. The Hall–Kier alpha value is -1.05. The van der Waals surface area contributed by atoms with Crippen molar-refractivity contribution in [3.8, 4) is 0 Å². The van der Waals surface area contributed by atoms with E-state index in [0.29, 0.717) is 34.8 Å². The van der Waals surface area contributed by atoms with Gasteiger partial charge in [0.05, 0.1) is 11.9 Å². The summed E-state index contributed by atoms with van der Waals surface area (Å²) in [5.74, 6) is 0. The molecule has 0 aliphatic heterocycles. The molecular weight excluding hydrogens is 338 g/mol. The Bertz CT molecular complexity index is 622. The van der Waals surface area contributed by atoms with Crippen molar-refractivity contribution in [1.29, 1.82) is 0 Å². The van der Waals surface area contributed by atoms with Crippen LogP contribution in [0.2, 0.25) is 25.7 Å². The molecule has 5 nitrogen and oxygen atoms in total. The molecule has 0 radical (unpaired) electrons. The van der Waals surface area contributed by atoms with Gasteiger partial charge in [0.2, 0.25) is 0 Å². The molecule has 0 aromatic carbocycles. The Labute approximate surface area is 127 Å². The van der Waals surface area contributed by atoms with Crippen LogP contribution in [0.1, 0.15) is 10.5 Å². The fraction of sp³-hybridized carbons (Fsp3) is 0.462. The highest BCUT2D eigenvalue weighted by Gasteiger charge is 2.14. The van der Waals surface area contributed by atoms with Crippen LogP contribution in [-0.2, 0) is 11.5 Å². The highest BCUT2D eigenvalue weighted by Crippen LogP contribution is 2.18. The number of carbonyl (C=O) groups excluding carboxylic acids is 1. The molecule has 0 aliphatic carbocycles. The first-order chi connectivity index (χ1) is 9.40. The smallest absolute Gasteiger partial charge is 0.166 e. The number of carbonyl (C=O) groups is 1. The van der Waals surface area contributed by atoms with Gasteiger partial charge in [0, 0.05) is 14.7 Å². The first-order valence-corrected chi connectivity index (χ1v) is 11.0. The quantitative estimate of drug-likeness (QED) is 0.453. The van der Waals surface area contributed by atoms with Crippen LogP contribution in [0.25, 0.3) is 11.2 Å². The van der Waals surface area contributed by atoms with Gasteiger partial charge in [-0.05, 0) is 28.0 Å². The molecule has 20 heavy (non-hydrogen) atoms. The van der Waals surface area contributed by atoms with E-state index in [0.717, 1.165) is 12.3 Å². The average molecular weight is 356 g/mol. The summed E-state index contributed by atoms with van der Waals surface area (Å²) in [6.45, 7) is 7.96. The van der Waals surface area contributed by atoms with E-state index in [2.05, 4.69) is 45.5 Å². The largest absolute Gasteiger partial charge is 0.361 e. The second-order valence-electron chi connectivity index (χ2n) is 5.86. The van der Waals surface area contributed by atoms with Crippen LogP contribution in [0.5, 0.6) is 0 Å². The number of aldehydes is 1. The second kappa shape index (κ2) is 6.15. The monoisotopic (exact) mass is 355 g/mol. The summed E-state index contributed by atoms with van der Waals surface area (Å²) in [5.41, 5.74) is 1.89. The Morgan fingerprint density at radius 2 is 2.20 bits per heavy atom. The zero-order chi connectivity index (χ0) is 14.8. The van der Waals surface area contributed by atoms with Crippen molar-refractivity contribution < 1.29 is 9.53 Å². The van der Waals surface area contributed by atoms with Crippen molar-refractivity contribution >= 4 is 41.5 Å². The van der Waals surface area contributed by atoms with Gasteiger partial charge in [-0.2, -0.15) is 0 Å². The van der Waals surface area contributed by atoms with E-state index in [1.54, 1.807) is 16.8 Å². The molecule has 0 atom stereocenters. The molecule has 2 heterocycles. The van der Waals surface area contributed by atoms with Crippen molar-refractivity contribution in [2.75, 3.05) is 6.61 Å². The lowest BCUT2D eigenvalue weighted by Crippen LogP contribution is -2.22. The molecule has 0 bridgehead atoms. The minimum atomic E-state index is -1.10. The maximum atomic E-state index is 11.1. The van der Waals surface area contributed by atoms with Crippen LogP contribution < -0.4 is 0 Å². The van der Waals surface area contributed by atoms with Crippen molar-refractivity contribution in [2.45, 2.75) is 32.4 Å². The highest BCUT2D eigenvalue weighted by molar-refractivity contribution is 9.10. The van der Waals surface area contributed by atoms with Gasteiger partial charge in [-0.3, -0.25) is 9.36 Å². The summed E-state index contributed by atoms with van der Waals surface area (Å²) in [4.78, 5) is 19.7. The van der Waals surface area contributed by atoms with Gasteiger partial charge < -0.3 is 4.74 Å². The molecule has 108 valence electrons. The molecule has 2 rings (SSSR count). The molecule has 0 saturated carbocycles. The molecular formula is C13H18BrN3O2Si. The number of rotatable bonds is 6. The summed E-state index contributed by atoms with van der Waals surface area (Å²) in [5, 5.41) is 0. The number of aromatic nitrogens is 3. The first kappa shape index (κ1) is 15.3. The van der Waals surface area contributed by atoms with Crippen LogP contribution in [0.4, 0.5) is 0 Å². The van der Waals surface area contributed by atoms with E-state index in [1.807, 2.05) is 0 Å². The van der Waals surface area contributed by atoms with E-state index >= 15 is 0 Å². The van der Waals surface area contributed by atoms with Gasteiger partial charge >= 0.3 is 0 Å². The van der Waals surface area contributed by atoms with Crippen molar-refractivity contribution in [3.63, 3.8) is 0 Å². The third-order valence-electron chi connectivity index (χ3n) is 2.94. The molecule has 0 N–H and O–H groups in total. The number of ether oxygens (including phenoxy) is 1. The molecule has 0 amide bonds. The Morgan fingerprint density at radius 3 is 2.85 bits per heavy atom. The lowest BCUT2D eigenvalue weighted by molar-refractivity contribution is 0.0860. The van der Waals surface area contributed by atoms with E-state index < -0.39 is 8.07 Å². The van der Waals surface area contributed by atoms with Gasteiger partial charge in [0.1, 0.15) is 16.9 Å². The van der Waals surface area contributed by atoms with Crippen LogP contribution in [-0.4, -0.2) is 35.5 Å². The highest BCUT2D eigenvalue weighted by atomic mass is 79.9. The molecule has 7 heteroatoms. The minimum absolute atomic E-state index is 0.332. The van der Waals surface area contributed by atoms with Gasteiger partial charge in [0.15, 0.2) is 11.9 Å². The molecule has 0 aliphatic rings. The van der Waals surface area contributed by atoms with Gasteiger partial charge in [-0.15, -0.1) is 0 Å². The maximum absolute atomic E-state index is 11.1. The third-order valence-corrected chi connectivity index (χ3v) is 5.03. The normalized spacial score (nSPS) is 12.0. The topological polar surface area (TPSA) is 57.0 Å². The zero-order valence-corrected chi connectivity index (χ0v) is 14.5. The predicted molar refractivity (Wildman–Crippen MR) is 84.7 cm³/mol. The van der Waals surface area contributed by atoms with Crippen LogP contribution in [0.15, 0.2) is 16.9 Å². The summed E-state index contributed by atoms with van der Waals surface area (Å²) < 4.78 is 8.10. The number of nitrogens with zero attached hydrogens (tertiary/aromatic N) is 3. The van der Waals surface area contributed by atoms with Gasteiger partial charge in [-0.1, -0.05) is 19.6 Å². The van der Waals surface area contributed by atoms with E-state index in [4.69, 9.17) is 4.74 Å². The number of fused-ring (bicyclic) bond motifs is 1. The summed E-state index contributed by atoms with van der Waals surface area (Å²) in [7, 11) is -1.10. The Morgan fingerprint density at radius 1 is 1.45 bits per heavy atom. The van der Waals surface area contributed by atoms with Crippen LogP contribution in [0.3, 0.4) is 0 Å². The lowest BCUT2D eigenvalue weighted by atomic mass is 10.4. The third kappa shape index (κ3) is 3.74. The summed E-state index contributed by atoms with van der Waals surface area (Å²) in [6.07, 6.45) is 2.43. The number of hydrogen-bond donors (Lipinski definition) is 0. The molecule has 0 spiro atoms. The van der Waals surface area contributed by atoms with E-state index in [-0.39, 0.29) is 0 Å². The second-order valence-corrected chi connectivity index (χ2v) is 12.3. The van der Waals surface area contributed by atoms with Crippen LogP contribution in [0, 0.1) is 0 Å². The maximum Gasteiger partial charge on any atom is 0.166 e. The predicted octanol–water partition coefficient (Wildman–Crippen LogP) is 3.32. The van der Waals surface area contributed by atoms with Crippen molar-refractivity contribution in [1.82, 2.24) is 14.5 Å².